The molecule has 4 nitrogen and oxygen atoms in total. The largest absolute Gasteiger partial charge is 0.490 e. The minimum absolute atomic E-state index is 0.0480. The molecule has 1 aromatic rings. The highest BCUT2D eigenvalue weighted by molar-refractivity contribution is 5.43. The predicted octanol–water partition coefficient (Wildman–Crippen LogP) is 2.31. The van der Waals surface area contributed by atoms with Crippen LogP contribution in [0.3, 0.4) is 0 Å². The van der Waals surface area contributed by atoms with E-state index in [0.717, 1.165) is 0 Å². The van der Waals surface area contributed by atoms with Crippen molar-refractivity contribution in [1.82, 2.24) is 0 Å². The van der Waals surface area contributed by atoms with Crippen molar-refractivity contribution in [3.8, 4) is 11.5 Å². The van der Waals surface area contributed by atoms with Crippen molar-refractivity contribution in [2.45, 2.75) is 26.6 Å². The Morgan fingerprint density at radius 1 is 1.32 bits per heavy atom. The molecule has 0 saturated carbocycles. The van der Waals surface area contributed by atoms with E-state index in [9.17, 15) is 13.9 Å². The van der Waals surface area contributed by atoms with Gasteiger partial charge in [0.1, 0.15) is 0 Å². The van der Waals surface area contributed by atoms with Crippen molar-refractivity contribution in [2.75, 3.05) is 13.2 Å². The van der Waals surface area contributed by atoms with Gasteiger partial charge in [0, 0.05) is 0 Å². The number of ether oxygens (including phenoxy) is 2. The maximum atomic E-state index is 12.2. The summed E-state index contributed by atoms with van der Waals surface area (Å²) in [5.74, 6) is -0.00637. The molecule has 0 aromatic heterocycles. The van der Waals surface area contributed by atoms with Gasteiger partial charge in [-0.15, -0.1) is 0 Å². The fourth-order valence-corrected chi connectivity index (χ4v) is 1.63. The first-order valence-corrected chi connectivity index (χ1v) is 6.09. The lowest BCUT2D eigenvalue weighted by Crippen LogP contribution is -2.19. The molecular formula is C13H19F2NO3. The van der Waals surface area contributed by atoms with Gasteiger partial charge in [-0.2, -0.15) is 8.78 Å². The Hall–Kier alpha value is -1.40. The maximum absolute atomic E-state index is 12.2. The maximum Gasteiger partial charge on any atom is 0.387 e. The van der Waals surface area contributed by atoms with Crippen LogP contribution in [-0.4, -0.2) is 24.9 Å². The summed E-state index contributed by atoms with van der Waals surface area (Å²) in [6, 6.07) is 4.38. The summed E-state index contributed by atoms with van der Waals surface area (Å²) in [5.41, 5.74) is 6.05. The van der Waals surface area contributed by atoms with Crippen LogP contribution in [0.4, 0.5) is 8.78 Å². The molecule has 6 heteroatoms. The Balaban J connectivity index is 3.01. The van der Waals surface area contributed by atoms with E-state index in [1.807, 2.05) is 0 Å². The van der Waals surface area contributed by atoms with Gasteiger partial charge in [0.25, 0.3) is 0 Å². The SMILES string of the molecule is CCOc1cc(C(O)C(C)CN)ccc1OC(F)F. The zero-order chi connectivity index (χ0) is 14.4. The van der Waals surface area contributed by atoms with Crippen LogP contribution >= 0.6 is 0 Å². The fraction of sp³-hybridized carbons (Fsp3) is 0.538. The summed E-state index contributed by atoms with van der Waals surface area (Å²) >= 11 is 0. The van der Waals surface area contributed by atoms with Crippen LogP contribution in [-0.2, 0) is 0 Å². The summed E-state index contributed by atoms with van der Waals surface area (Å²) in [5, 5.41) is 10.0. The van der Waals surface area contributed by atoms with Gasteiger partial charge in [0.05, 0.1) is 12.7 Å². The molecule has 0 aliphatic rings. The third-order valence-electron chi connectivity index (χ3n) is 2.74. The molecule has 0 bridgehead atoms. The summed E-state index contributed by atoms with van der Waals surface area (Å²) in [7, 11) is 0. The van der Waals surface area contributed by atoms with Crippen molar-refractivity contribution < 1.29 is 23.4 Å². The molecule has 0 saturated heterocycles. The van der Waals surface area contributed by atoms with E-state index >= 15 is 0 Å². The predicted molar refractivity (Wildman–Crippen MR) is 67.4 cm³/mol. The highest BCUT2D eigenvalue weighted by Crippen LogP contribution is 2.33. The highest BCUT2D eigenvalue weighted by atomic mass is 19.3. The van der Waals surface area contributed by atoms with E-state index in [1.165, 1.54) is 18.2 Å². The molecule has 2 unspecified atom stereocenters. The van der Waals surface area contributed by atoms with Crippen LogP contribution in [0.2, 0.25) is 0 Å². The van der Waals surface area contributed by atoms with Gasteiger partial charge in [-0.1, -0.05) is 13.0 Å². The number of aliphatic hydroxyl groups is 1. The van der Waals surface area contributed by atoms with Gasteiger partial charge in [-0.3, -0.25) is 0 Å². The lowest BCUT2D eigenvalue weighted by Gasteiger charge is -2.19. The monoisotopic (exact) mass is 275 g/mol. The Bertz CT molecular complexity index is 401. The molecule has 19 heavy (non-hydrogen) atoms. The van der Waals surface area contributed by atoms with Crippen molar-refractivity contribution in [3.63, 3.8) is 0 Å². The van der Waals surface area contributed by atoms with E-state index in [1.54, 1.807) is 13.8 Å². The number of alkyl halides is 2. The Labute approximate surface area is 111 Å². The number of halogens is 2. The number of rotatable bonds is 7. The molecule has 2 atom stereocenters. The first-order valence-electron chi connectivity index (χ1n) is 6.09. The van der Waals surface area contributed by atoms with Crippen LogP contribution in [0, 0.1) is 5.92 Å². The molecular weight excluding hydrogens is 256 g/mol. The van der Waals surface area contributed by atoms with E-state index in [-0.39, 0.29) is 17.4 Å². The van der Waals surface area contributed by atoms with Crippen LogP contribution in [0.15, 0.2) is 18.2 Å². The standard InChI is InChI=1S/C13H19F2NO3/c1-3-18-11-6-9(12(17)8(2)7-16)4-5-10(11)19-13(14)15/h4-6,8,12-13,17H,3,7,16H2,1-2H3. The van der Waals surface area contributed by atoms with Crippen LogP contribution < -0.4 is 15.2 Å². The number of aliphatic hydroxyl groups excluding tert-OH is 1. The molecule has 0 amide bonds. The van der Waals surface area contributed by atoms with Gasteiger partial charge in [0.2, 0.25) is 0 Å². The van der Waals surface area contributed by atoms with E-state index in [2.05, 4.69) is 4.74 Å². The van der Waals surface area contributed by atoms with Gasteiger partial charge in [-0.05, 0) is 37.1 Å². The van der Waals surface area contributed by atoms with E-state index < -0.39 is 12.7 Å². The molecule has 0 spiro atoms. The third-order valence-corrected chi connectivity index (χ3v) is 2.74. The van der Waals surface area contributed by atoms with Crippen molar-refractivity contribution in [3.05, 3.63) is 23.8 Å². The quantitative estimate of drug-likeness (QED) is 0.801. The second kappa shape index (κ2) is 7.25. The normalized spacial score (nSPS) is 14.3. The molecule has 1 rings (SSSR count). The van der Waals surface area contributed by atoms with Gasteiger partial charge >= 0.3 is 6.61 Å². The van der Waals surface area contributed by atoms with Crippen LogP contribution in [0.1, 0.15) is 25.5 Å². The average Bonchev–Trinajstić information content (AvgIpc) is 2.38. The molecule has 3 N–H and O–H groups in total. The molecule has 108 valence electrons. The van der Waals surface area contributed by atoms with E-state index in [4.69, 9.17) is 10.5 Å². The minimum Gasteiger partial charge on any atom is -0.490 e. The fourth-order valence-electron chi connectivity index (χ4n) is 1.63. The number of hydrogen-bond acceptors (Lipinski definition) is 4. The topological polar surface area (TPSA) is 64.7 Å². The molecule has 0 aliphatic heterocycles. The summed E-state index contributed by atoms with van der Waals surface area (Å²) in [6.07, 6.45) is -0.773. The smallest absolute Gasteiger partial charge is 0.387 e. The van der Waals surface area contributed by atoms with Crippen molar-refractivity contribution in [2.24, 2.45) is 11.7 Å². The van der Waals surface area contributed by atoms with E-state index in [0.29, 0.717) is 18.7 Å². The number of hydrogen-bond donors (Lipinski definition) is 2. The van der Waals surface area contributed by atoms with Crippen LogP contribution in [0.5, 0.6) is 11.5 Å². The van der Waals surface area contributed by atoms with Gasteiger partial charge < -0.3 is 20.3 Å². The summed E-state index contributed by atoms with van der Waals surface area (Å²) < 4.78 is 34.1. The summed E-state index contributed by atoms with van der Waals surface area (Å²) in [4.78, 5) is 0. The molecule has 0 heterocycles. The average molecular weight is 275 g/mol. The Kier molecular flexibility index (Phi) is 5.98. The Morgan fingerprint density at radius 3 is 2.53 bits per heavy atom. The number of benzene rings is 1. The molecule has 0 aliphatic carbocycles. The lowest BCUT2D eigenvalue weighted by atomic mass is 9.97. The molecule has 0 fully saturated rings. The third kappa shape index (κ3) is 4.33. The second-order valence-electron chi connectivity index (χ2n) is 4.18. The molecule has 0 radical (unpaired) electrons. The summed E-state index contributed by atoms with van der Waals surface area (Å²) in [6.45, 7) is 1.25. The Morgan fingerprint density at radius 2 is 2.00 bits per heavy atom. The lowest BCUT2D eigenvalue weighted by molar-refractivity contribution is -0.0514. The zero-order valence-electron chi connectivity index (χ0n) is 11.0. The van der Waals surface area contributed by atoms with Gasteiger partial charge in [-0.25, -0.2) is 0 Å². The number of nitrogens with two attached hydrogens (primary N) is 1. The molecule has 1 aromatic carbocycles. The van der Waals surface area contributed by atoms with Crippen molar-refractivity contribution >= 4 is 0 Å². The van der Waals surface area contributed by atoms with Gasteiger partial charge in [0.15, 0.2) is 11.5 Å². The minimum atomic E-state index is -2.92. The first kappa shape index (κ1) is 15.7. The first-order chi connectivity index (χ1) is 8.99. The second-order valence-corrected chi connectivity index (χ2v) is 4.18. The van der Waals surface area contributed by atoms with Crippen LogP contribution in [0.25, 0.3) is 0 Å². The highest BCUT2D eigenvalue weighted by Gasteiger charge is 2.18. The van der Waals surface area contributed by atoms with Crippen molar-refractivity contribution in [1.29, 1.82) is 0 Å². The zero-order valence-corrected chi connectivity index (χ0v) is 11.0.